The molecule has 10 heteroatoms. The molecule has 0 saturated carbocycles. The van der Waals surface area contributed by atoms with Crippen LogP contribution < -0.4 is 5.32 Å². The molecule has 0 unspecified atom stereocenters. The number of carbonyl (C=O) groups excluding carboxylic acids is 4. The number of carbonyl (C=O) groups is 4. The smallest absolute Gasteiger partial charge is 0.306 e. The second kappa shape index (κ2) is 13.6. The van der Waals surface area contributed by atoms with Crippen LogP contribution in [-0.2, 0) is 28.7 Å². The normalized spacial score (nSPS) is 26.9. The van der Waals surface area contributed by atoms with E-state index in [-0.39, 0.29) is 38.0 Å². The van der Waals surface area contributed by atoms with Gasteiger partial charge in [-0.1, -0.05) is 49.4 Å². The summed E-state index contributed by atoms with van der Waals surface area (Å²) in [6, 6.07) is 6.95. The van der Waals surface area contributed by atoms with Gasteiger partial charge < -0.3 is 29.7 Å². The molecule has 0 radical (unpaired) electrons. The largest absolute Gasteiger partial charge is 0.463 e. The summed E-state index contributed by atoms with van der Waals surface area (Å²) in [5.41, 5.74) is -1.03. The highest BCUT2D eigenvalue weighted by Crippen LogP contribution is 2.59. The van der Waals surface area contributed by atoms with Gasteiger partial charge >= 0.3 is 5.97 Å². The van der Waals surface area contributed by atoms with Crippen molar-refractivity contribution in [3.8, 4) is 0 Å². The predicted molar refractivity (Wildman–Crippen MR) is 165 cm³/mol. The van der Waals surface area contributed by atoms with Crippen molar-refractivity contribution in [1.29, 1.82) is 0 Å². The number of benzene rings is 1. The first-order valence-electron chi connectivity index (χ1n) is 15.6. The van der Waals surface area contributed by atoms with Crippen molar-refractivity contribution in [3.05, 3.63) is 61.2 Å². The molecular weight excluding hydrogens is 562 g/mol. The molecule has 4 rings (SSSR count). The standard InChI is InChI=1S/C34H47N3O7/c1-7-10-16-26(39)43-21-24(22-14-12-11-13-15-22)35-30(40)27-25-17-18-34(44-25)28(27)31(41)37(23(9-3)20-38)29(34)32(42)36(19-8-2)33(4,5)6/h7-8,11-15,23-25,27-29,38H,1-2,9-10,16-21H2,3-6H3,(H,35,40)/t23-,24+,25-,27+,28+,29-,34+/m0/s1. The van der Waals surface area contributed by atoms with Crippen LogP contribution in [0.25, 0.3) is 0 Å². The zero-order valence-corrected chi connectivity index (χ0v) is 26.4. The molecule has 0 aromatic heterocycles. The summed E-state index contributed by atoms with van der Waals surface area (Å²) in [5.74, 6) is -3.18. The van der Waals surface area contributed by atoms with Crippen LogP contribution in [0, 0.1) is 11.8 Å². The van der Waals surface area contributed by atoms with Gasteiger partial charge in [-0.2, -0.15) is 0 Å². The Labute approximate surface area is 260 Å². The lowest BCUT2D eigenvalue weighted by atomic mass is 9.70. The Hall–Kier alpha value is -3.50. The van der Waals surface area contributed by atoms with Gasteiger partial charge in [-0.05, 0) is 52.0 Å². The Kier molecular flexibility index (Phi) is 10.4. The lowest BCUT2D eigenvalue weighted by molar-refractivity contribution is -0.154. The third kappa shape index (κ3) is 6.19. The van der Waals surface area contributed by atoms with Crippen LogP contribution >= 0.6 is 0 Å². The van der Waals surface area contributed by atoms with Crippen molar-refractivity contribution in [2.24, 2.45) is 11.8 Å². The Balaban J connectivity index is 1.67. The van der Waals surface area contributed by atoms with Crippen molar-refractivity contribution in [2.45, 2.75) is 95.2 Å². The average molecular weight is 610 g/mol. The van der Waals surface area contributed by atoms with Gasteiger partial charge in [0.2, 0.25) is 17.7 Å². The summed E-state index contributed by atoms with van der Waals surface area (Å²) < 4.78 is 12.1. The van der Waals surface area contributed by atoms with Gasteiger partial charge in [-0.15, -0.1) is 13.2 Å². The average Bonchev–Trinajstić information content (AvgIpc) is 3.64. The molecule has 1 aromatic carbocycles. The van der Waals surface area contributed by atoms with Crippen LogP contribution in [0.15, 0.2) is 55.6 Å². The van der Waals surface area contributed by atoms with Gasteiger partial charge in [0, 0.05) is 18.5 Å². The van der Waals surface area contributed by atoms with Gasteiger partial charge in [0.05, 0.1) is 36.6 Å². The molecule has 0 aliphatic carbocycles. The summed E-state index contributed by atoms with van der Waals surface area (Å²) >= 11 is 0. The van der Waals surface area contributed by atoms with E-state index in [1.54, 1.807) is 17.1 Å². The van der Waals surface area contributed by atoms with Crippen LogP contribution in [-0.4, -0.2) is 87.7 Å². The number of amides is 3. The van der Waals surface area contributed by atoms with E-state index >= 15 is 0 Å². The molecule has 3 heterocycles. The topological polar surface area (TPSA) is 125 Å². The van der Waals surface area contributed by atoms with Gasteiger partial charge in [0.15, 0.2) is 0 Å². The quantitative estimate of drug-likeness (QED) is 0.245. The minimum absolute atomic E-state index is 0.0779. The molecule has 1 aromatic rings. The Morgan fingerprint density at radius 1 is 1.23 bits per heavy atom. The van der Waals surface area contributed by atoms with Crippen LogP contribution in [0.1, 0.15) is 71.4 Å². The van der Waals surface area contributed by atoms with Crippen LogP contribution in [0.4, 0.5) is 0 Å². The van der Waals surface area contributed by atoms with Crippen molar-refractivity contribution >= 4 is 23.7 Å². The summed E-state index contributed by atoms with van der Waals surface area (Å²) in [5, 5.41) is 13.4. The zero-order chi connectivity index (χ0) is 32.2. The Morgan fingerprint density at radius 2 is 1.93 bits per heavy atom. The fourth-order valence-corrected chi connectivity index (χ4v) is 7.09. The number of esters is 1. The van der Waals surface area contributed by atoms with E-state index in [1.165, 1.54) is 4.90 Å². The van der Waals surface area contributed by atoms with Crippen molar-refractivity contribution in [1.82, 2.24) is 15.1 Å². The number of likely N-dealkylation sites (tertiary alicyclic amines) is 1. The molecule has 240 valence electrons. The zero-order valence-electron chi connectivity index (χ0n) is 26.4. The SMILES string of the molecule is C=CCCC(=O)OC[C@@H](NC(=O)[C@@H]1[C@@H]2CC[C@]3(O2)[C@H](C(=O)N(CC=C)C(C)(C)C)N([C@@H](CC)CO)C(=O)[C@@H]13)c1ccccc1. The molecule has 44 heavy (non-hydrogen) atoms. The Bertz CT molecular complexity index is 1240. The van der Waals surface area contributed by atoms with Crippen molar-refractivity contribution < 1.29 is 33.8 Å². The lowest BCUT2D eigenvalue weighted by Crippen LogP contribution is -2.61. The molecule has 7 atom stereocenters. The summed E-state index contributed by atoms with van der Waals surface area (Å²) in [4.78, 5) is 58.4. The van der Waals surface area contributed by atoms with Gasteiger partial charge in [0.1, 0.15) is 18.2 Å². The number of fused-ring (bicyclic) bond motifs is 1. The van der Waals surface area contributed by atoms with Crippen molar-refractivity contribution in [3.63, 3.8) is 0 Å². The number of nitrogens with zero attached hydrogens (tertiary/aromatic N) is 2. The summed E-state index contributed by atoms with van der Waals surface area (Å²) in [6.45, 7) is 15.0. The maximum Gasteiger partial charge on any atom is 0.306 e. The fraction of sp³-hybridized carbons (Fsp3) is 0.588. The molecule has 2 N–H and O–H groups in total. The highest BCUT2D eigenvalue weighted by atomic mass is 16.5. The van der Waals surface area contributed by atoms with Gasteiger partial charge in [0.25, 0.3) is 0 Å². The molecule has 3 aliphatic heterocycles. The van der Waals surface area contributed by atoms with E-state index in [2.05, 4.69) is 18.5 Å². The third-order valence-electron chi connectivity index (χ3n) is 9.22. The second-order valence-corrected chi connectivity index (χ2v) is 12.9. The number of aliphatic hydroxyl groups is 1. The molecular formula is C34H47N3O7. The van der Waals surface area contributed by atoms with Gasteiger partial charge in [-0.3, -0.25) is 19.2 Å². The number of aliphatic hydroxyl groups excluding tert-OH is 1. The second-order valence-electron chi connectivity index (χ2n) is 12.9. The minimum Gasteiger partial charge on any atom is -0.463 e. The van der Waals surface area contributed by atoms with E-state index in [4.69, 9.17) is 9.47 Å². The van der Waals surface area contributed by atoms with Crippen molar-refractivity contribution in [2.75, 3.05) is 19.8 Å². The van der Waals surface area contributed by atoms with Gasteiger partial charge in [-0.25, -0.2) is 0 Å². The number of nitrogens with one attached hydrogen (secondary N) is 1. The predicted octanol–water partition coefficient (Wildman–Crippen LogP) is 3.31. The maximum atomic E-state index is 14.4. The number of ether oxygens (including phenoxy) is 2. The van der Waals surface area contributed by atoms with E-state index < -0.39 is 59.1 Å². The van der Waals surface area contributed by atoms with E-state index in [9.17, 15) is 24.3 Å². The lowest BCUT2D eigenvalue weighted by Gasteiger charge is -2.43. The first-order valence-corrected chi connectivity index (χ1v) is 15.6. The summed E-state index contributed by atoms with van der Waals surface area (Å²) in [7, 11) is 0. The Morgan fingerprint density at radius 3 is 2.52 bits per heavy atom. The van der Waals surface area contributed by atoms with Crippen LogP contribution in [0.5, 0.6) is 0 Å². The number of hydrogen-bond acceptors (Lipinski definition) is 7. The molecule has 3 aliphatic rings. The van der Waals surface area contributed by atoms with E-state index in [1.807, 2.05) is 58.0 Å². The number of rotatable bonds is 14. The highest BCUT2D eigenvalue weighted by Gasteiger charge is 2.75. The van der Waals surface area contributed by atoms with E-state index in [0.29, 0.717) is 25.7 Å². The van der Waals surface area contributed by atoms with E-state index in [0.717, 1.165) is 5.56 Å². The third-order valence-corrected chi connectivity index (χ3v) is 9.22. The molecule has 10 nitrogen and oxygen atoms in total. The van der Waals surface area contributed by atoms with Crippen LogP contribution in [0.3, 0.4) is 0 Å². The molecule has 1 spiro atoms. The molecule has 2 bridgehead atoms. The fourth-order valence-electron chi connectivity index (χ4n) is 7.09. The highest BCUT2D eigenvalue weighted by molar-refractivity contribution is 5.99. The first-order chi connectivity index (χ1) is 20.9. The first kappa shape index (κ1) is 33.4. The maximum absolute atomic E-state index is 14.4. The minimum atomic E-state index is -1.20. The molecule has 3 fully saturated rings. The molecule has 3 amide bonds. The number of allylic oxidation sites excluding steroid dienone is 1. The molecule has 3 saturated heterocycles. The summed E-state index contributed by atoms with van der Waals surface area (Å²) in [6.07, 6.45) is 4.80. The number of hydrogen-bond donors (Lipinski definition) is 2. The monoisotopic (exact) mass is 609 g/mol. The van der Waals surface area contributed by atoms with Crippen LogP contribution in [0.2, 0.25) is 0 Å².